The van der Waals surface area contributed by atoms with Gasteiger partial charge in [0.15, 0.2) is 23.3 Å². The molecule has 0 bridgehead atoms. The number of carbonyl (C=O) groups is 1. The second-order valence-electron chi connectivity index (χ2n) is 4.49. The fraction of sp³-hybridized carbons (Fsp3) is 0.417. The van der Waals surface area contributed by atoms with E-state index >= 15 is 0 Å². The van der Waals surface area contributed by atoms with Crippen LogP contribution in [0.3, 0.4) is 0 Å². The predicted octanol–water partition coefficient (Wildman–Crippen LogP) is 2.32. The van der Waals surface area contributed by atoms with Gasteiger partial charge in [-0.05, 0) is 19.8 Å². The van der Waals surface area contributed by atoms with Gasteiger partial charge in [-0.25, -0.2) is 17.6 Å². The molecule has 0 aromatic heterocycles. The second-order valence-corrected chi connectivity index (χ2v) is 4.49. The third-order valence-corrected chi connectivity index (χ3v) is 2.79. The SMILES string of the molecule is CC(Nc1c(F)c(F)cc(F)c1F)C(=O)NC1CC1. The number of carbonyl (C=O) groups excluding carboxylic acids is 1. The molecule has 7 heteroatoms. The molecule has 2 N–H and O–H groups in total. The average Bonchev–Trinajstić information content (AvgIpc) is 3.15. The summed E-state index contributed by atoms with van der Waals surface area (Å²) >= 11 is 0. The highest BCUT2D eigenvalue weighted by atomic mass is 19.2. The number of benzene rings is 1. The summed E-state index contributed by atoms with van der Waals surface area (Å²) in [5, 5.41) is 4.76. The monoisotopic (exact) mass is 276 g/mol. The van der Waals surface area contributed by atoms with E-state index in [0.717, 1.165) is 12.8 Å². The van der Waals surface area contributed by atoms with Gasteiger partial charge in [-0.3, -0.25) is 4.79 Å². The Balaban J connectivity index is 2.15. The summed E-state index contributed by atoms with van der Waals surface area (Å²) in [6.45, 7) is 1.35. The number of nitrogens with one attached hydrogen (secondary N) is 2. The van der Waals surface area contributed by atoms with Gasteiger partial charge in [0.05, 0.1) is 0 Å². The summed E-state index contributed by atoms with van der Waals surface area (Å²) in [4.78, 5) is 11.6. The Morgan fingerprint density at radius 3 is 2.21 bits per heavy atom. The van der Waals surface area contributed by atoms with Gasteiger partial charge in [-0.1, -0.05) is 0 Å². The van der Waals surface area contributed by atoms with Gasteiger partial charge in [0.2, 0.25) is 5.91 Å². The summed E-state index contributed by atoms with van der Waals surface area (Å²) in [6, 6.07) is -0.813. The first-order chi connectivity index (χ1) is 8.90. The molecule has 19 heavy (non-hydrogen) atoms. The lowest BCUT2D eigenvalue weighted by molar-refractivity contribution is -0.121. The largest absolute Gasteiger partial charge is 0.369 e. The molecule has 1 atom stereocenters. The van der Waals surface area contributed by atoms with Gasteiger partial charge in [0.1, 0.15) is 11.7 Å². The van der Waals surface area contributed by atoms with E-state index in [1.165, 1.54) is 6.92 Å². The lowest BCUT2D eigenvalue weighted by Crippen LogP contribution is -2.39. The maximum absolute atomic E-state index is 13.4. The third kappa shape index (κ3) is 2.97. The number of rotatable bonds is 4. The number of hydrogen-bond donors (Lipinski definition) is 2. The zero-order chi connectivity index (χ0) is 14.2. The van der Waals surface area contributed by atoms with Crippen molar-refractivity contribution in [2.45, 2.75) is 31.8 Å². The molecular weight excluding hydrogens is 264 g/mol. The van der Waals surface area contributed by atoms with Crippen LogP contribution < -0.4 is 10.6 Å². The number of anilines is 1. The summed E-state index contributed by atoms with van der Waals surface area (Å²) in [5.74, 6) is -6.62. The second kappa shape index (κ2) is 5.07. The van der Waals surface area contributed by atoms with Crippen molar-refractivity contribution >= 4 is 11.6 Å². The molecular formula is C12H12F4N2O. The summed E-state index contributed by atoms with van der Waals surface area (Å²) in [7, 11) is 0. The highest BCUT2D eigenvalue weighted by Crippen LogP contribution is 2.25. The minimum atomic E-state index is -1.55. The molecule has 1 aromatic rings. The van der Waals surface area contributed by atoms with Crippen molar-refractivity contribution in [2.75, 3.05) is 5.32 Å². The Hall–Kier alpha value is -1.79. The van der Waals surface area contributed by atoms with E-state index in [0.29, 0.717) is 0 Å². The van der Waals surface area contributed by atoms with E-state index in [-0.39, 0.29) is 12.1 Å². The van der Waals surface area contributed by atoms with Crippen molar-refractivity contribution in [2.24, 2.45) is 0 Å². The average molecular weight is 276 g/mol. The molecule has 3 nitrogen and oxygen atoms in total. The fourth-order valence-corrected chi connectivity index (χ4v) is 1.54. The normalized spacial score (nSPS) is 16.1. The van der Waals surface area contributed by atoms with E-state index in [1.807, 2.05) is 0 Å². The maximum Gasteiger partial charge on any atom is 0.242 e. The molecule has 1 aliphatic carbocycles. The molecule has 2 rings (SSSR count). The minimum absolute atomic E-state index is 0.0793. The Morgan fingerprint density at radius 2 is 1.74 bits per heavy atom. The van der Waals surface area contributed by atoms with Gasteiger partial charge in [0, 0.05) is 12.1 Å². The molecule has 1 amide bonds. The van der Waals surface area contributed by atoms with Crippen molar-refractivity contribution < 1.29 is 22.4 Å². The summed E-state index contributed by atoms with van der Waals surface area (Å²) in [6.07, 6.45) is 1.71. The van der Waals surface area contributed by atoms with Crippen LogP contribution in [0, 0.1) is 23.3 Å². The van der Waals surface area contributed by atoms with Crippen LogP contribution in [-0.4, -0.2) is 18.0 Å². The maximum atomic E-state index is 13.4. The molecule has 0 radical (unpaired) electrons. The van der Waals surface area contributed by atoms with Crippen LogP contribution in [0.5, 0.6) is 0 Å². The van der Waals surface area contributed by atoms with E-state index in [9.17, 15) is 22.4 Å². The number of hydrogen-bond acceptors (Lipinski definition) is 2. The van der Waals surface area contributed by atoms with Crippen molar-refractivity contribution in [3.05, 3.63) is 29.3 Å². The van der Waals surface area contributed by atoms with Crippen molar-refractivity contribution in [3.8, 4) is 0 Å². The quantitative estimate of drug-likeness (QED) is 0.654. The van der Waals surface area contributed by atoms with E-state index in [1.54, 1.807) is 0 Å². The lowest BCUT2D eigenvalue weighted by Gasteiger charge is -2.16. The van der Waals surface area contributed by atoms with Crippen LogP contribution >= 0.6 is 0 Å². The van der Waals surface area contributed by atoms with Crippen LogP contribution in [0.15, 0.2) is 6.07 Å². The first kappa shape index (κ1) is 13.6. The van der Waals surface area contributed by atoms with Crippen LogP contribution in [0.1, 0.15) is 19.8 Å². The topological polar surface area (TPSA) is 41.1 Å². The highest BCUT2D eigenvalue weighted by molar-refractivity contribution is 5.84. The lowest BCUT2D eigenvalue weighted by atomic mass is 10.2. The van der Waals surface area contributed by atoms with Gasteiger partial charge in [-0.2, -0.15) is 0 Å². The standard InChI is InChI=1S/C12H12F4N2O/c1-5(12(19)18-6-2-3-6)17-11-9(15)7(13)4-8(14)10(11)16/h4-6,17H,2-3H2,1H3,(H,18,19). The molecule has 0 aliphatic heterocycles. The first-order valence-electron chi connectivity index (χ1n) is 5.80. The molecule has 1 aromatic carbocycles. The van der Waals surface area contributed by atoms with Gasteiger partial charge in [-0.15, -0.1) is 0 Å². The van der Waals surface area contributed by atoms with E-state index in [2.05, 4.69) is 10.6 Å². The molecule has 104 valence electrons. The van der Waals surface area contributed by atoms with Crippen LogP contribution in [-0.2, 0) is 4.79 Å². The van der Waals surface area contributed by atoms with E-state index < -0.39 is 40.9 Å². The number of amides is 1. The third-order valence-electron chi connectivity index (χ3n) is 2.79. The molecule has 0 heterocycles. The molecule has 1 saturated carbocycles. The van der Waals surface area contributed by atoms with Gasteiger partial charge < -0.3 is 10.6 Å². The molecule has 1 unspecified atom stereocenters. The molecule has 0 spiro atoms. The Labute approximate surface area is 107 Å². The zero-order valence-corrected chi connectivity index (χ0v) is 10.1. The zero-order valence-electron chi connectivity index (χ0n) is 10.1. The van der Waals surface area contributed by atoms with Crippen molar-refractivity contribution in [1.82, 2.24) is 5.32 Å². The Kier molecular flexibility index (Phi) is 3.64. The van der Waals surface area contributed by atoms with Crippen LogP contribution in [0.2, 0.25) is 0 Å². The minimum Gasteiger partial charge on any atom is -0.369 e. The van der Waals surface area contributed by atoms with Crippen LogP contribution in [0.25, 0.3) is 0 Å². The smallest absolute Gasteiger partial charge is 0.242 e. The molecule has 1 fully saturated rings. The summed E-state index contributed by atoms with van der Waals surface area (Å²) < 4.78 is 52.7. The summed E-state index contributed by atoms with van der Waals surface area (Å²) in [5.41, 5.74) is -0.976. The number of halogens is 4. The fourth-order valence-electron chi connectivity index (χ4n) is 1.54. The first-order valence-corrected chi connectivity index (χ1v) is 5.80. The highest BCUT2D eigenvalue weighted by Gasteiger charge is 2.27. The van der Waals surface area contributed by atoms with E-state index in [4.69, 9.17) is 0 Å². The van der Waals surface area contributed by atoms with Crippen molar-refractivity contribution in [3.63, 3.8) is 0 Å². The molecule has 0 saturated heterocycles. The van der Waals surface area contributed by atoms with Crippen molar-refractivity contribution in [1.29, 1.82) is 0 Å². The Morgan fingerprint density at radius 1 is 1.21 bits per heavy atom. The van der Waals surface area contributed by atoms with Gasteiger partial charge in [0.25, 0.3) is 0 Å². The van der Waals surface area contributed by atoms with Crippen LogP contribution in [0.4, 0.5) is 23.2 Å². The molecule has 1 aliphatic rings. The predicted molar refractivity (Wildman–Crippen MR) is 60.5 cm³/mol. The Bertz CT molecular complexity index is 491. The van der Waals surface area contributed by atoms with Gasteiger partial charge >= 0.3 is 0 Å².